The molecule has 0 saturated carbocycles. The molecule has 142 valence electrons. The van der Waals surface area contributed by atoms with Crippen molar-refractivity contribution in [1.29, 1.82) is 0 Å². The second kappa shape index (κ2) is 10.9. The van der Waals surface area contributed by atoms with Crippen LogP contribution in [-0.2, 0) is 8.85 Å². The number of hydrogen-bond acceptors (Lipinski definition) is 6. The largest absolute Gasteiger partial charge is 0.416 e. The normalized spacial score (nSPS) is 18.2. The van der Waals surface area contributed by atoms with E-state index in [2.05, 4.69) is 69.2 Å². The van der Waals surface area contributed by atoms with Gasteiger partial charge in [0.2, 0.25) is 19.5 Å². The van der Waals surface area contributed by atoms with E-state index in [0.717, 1.165) is 13.2 Å². The molecule has 0 bridgehead atoms. The molecule has 2 unspecified atom stereocenters. The fourth-order valence-corrected chi connectivity index (χ4v) is 13.5. The zero-order valence-electron chi connectivity index (χ0n) is 16.9. The van der Waals surface area contributed by atoms with Crippen molar-refractivity contribution in [1.82, 2.24) is 0 Å². The predicted octanol–water partition coefficient (Wildman–Crippen LogP) is 6.50. The minimum absolute atomic E-state index is 0.113. The Morgan fingerprint density at radius 3 is 1.12 bits per heavy atom. The van der Waals surface area contributed by atoms with E-state index in [4.69, 9.17) is 8.85 Å². The van der Waals surface area contributed by atoms with Crippen LogP contribution < -0.4 is 0 Å². The van der Waals surface area contributed by atoms with Crippen molar-refractivity contribution in [3.05, 3.63) is 0 Å². The van der Waals surface area contributed by atoms with E-state index in [1.165, 1.54) is 0 Å². The van der Waals surface area contributed by atoms with Crippen LogP contribution in [0.1, 0.15) is 69.2 Å². The van der Waals surface area contributed by atoms with Gasteiger partial charge in [0, 0.05) is 22.0 Å². The molecule has 0 aromatic carbocycles. The Morgan fingerprint density at radius 2 is 0.917 bits per heavy atom. The van der Waals surface area contributed by atoms with Crippen LogP contribution in [0.2, 0.25) is 0 Å². The molecular formula is C16H34O2S4Si2. The van der Waals surface area contributed by atoms with Gasteiger partial charge in [0.25, 0.3) is 0 Å². The fraction of sp³-hybridized carbons (Fsp3) is 1.00. The van der Waals surface area contributed by atoms with Gasteiger partial charge in [0.15, 0.2) is 0 Å². The molecule has 0 aromatic rings. The average molecular weight is 443 g/mol. The van der Waals surface area contributed by atoms with Crippen LogP contribution in [0.15, 0.2) is 0 Å². The van der Waals surface area contributed by atoms with E-state index >= 15 is 0 Å². The highest BCUT2D eigenvalue weighted by Gasteiger charge is 2.43. The van der Waals surface area contributed by atoms with Crippen molar-refractivity contribution in [2.24, 2.45) is 10.8 Å². The fourth-order valence-electron chi connectivity index (χ4n) is 1.17. The summed E-state index contributed by atoms with van der Waals surface area (Å²) in [6.07, 6.45) is 0. The van der Waals surface area contributed by atoms with Crippen molar-refractivity contribution in [3.63, 3.8) is 0 Å². The predicted molar refractivity (Wildman–Crippen MR) is 121 cm³/mol. The standard InChI is InChI=1S/C16H34O2S4Si2/c1-11-17-23-15(9,13(3,4)5)19-21-22-20-16(10,14(6,7)8)24-18-12-2/h11-12H2,1-10H3. The van der Waals surface area contributed by atoms with Crippen molar-refractivity contribution >= 4 is 60.8 Å². The molecule has 2 nitrogen and oxygen atoms in total. The summed E-state index contributed by atoms with van der Waals surface area (Å²) in [4.78, 5) is 0. The summed E-state index contributed by atoms with van der Waals surface area (Å²) in [7, 11) is 8.70. The van der Waals surface area contributed by atoms with Gasteiger partial charge >= 0.3 is 0 Å². The molecule has 4 radical (unpaired) electrons. The van der Waals surface area contributed by atoms with Crippen LogP contribution in [0.5, 0.6) is 0 Å². The van der Waals surface area contributed by atoms with Gasteiger partial charge in [-0.2, -0.15) is 0 Å². The van der Waals surface area contributed by atoms with E-state index in [-0.39, 0.29) is 19.6 Å². The third-order valence-electron chi connectivity index (χ3n) is 4.11. The van der Waals surface area contributed by atoms with Crippen LogP contribution in [0.25, 0.3) is 0 Å². The summed E-state index contributed by atoms with van der Waals surface area (Å²) >= 11 is 0. The molecule has 0 aliphatic carbocycles. The molecule has 0 fully saturated rings. The Bertz CT molecular complexity index is 327. The number of hydrogen-bond donors (Lipinski definition) is 0. The molecule has 0 aliphatic rings. The molecule has 0 spiro atoms. The molecule has 8 heteroatoms. The van der Waals surface area contributed by atoms with Crippen LogP contribution in [-0.4, -0.2) is 41.5 Å². The van der Waals surface area contributed by atoms with Crippen LogP contribution in [0.4, 0.5) is 0 Å². The lowest BCUT2D eigenvalue weighted by Crippen LogP contribution is -2.43. The molecular weight excluding hydrogens is 409 g/mol. The van der Waals surface area contributed by atoms with Crippen LogP contribution in [0.3, 0.4) is 0 Å². The monoisotopic (exact) mass is 442 g/mol. The van der Waals surface area contributed by atoms with Crippen molar-refractivity contribution < 1.29 is 8.85 Å². The Balaban J connectivity index is 4.69. The first-order valence-corrected chi connectivity index (χ1v) is 14.9. The van der Waals surface area contributed by atoms with Gasteiger partial charge in [-0.15, -0.1) is 0 Å². The SMILES string of the molecule is CCO[Si]C(C)(SSSSC(C)([Si]OCC)C(C)(C)C)C(C)(C)C. The van der Waals surface area contributed by atoms with E-state index < -0.39 is 0 Å². The van der Waals surface area contributed by atoms with E-state index in [0.29, 0.717) is 19.5 Å². The maximum absolute atomic E-state index is 5.79. The molecule has 0 N–H and O–H groups in total. The Kier molecular flexibility index (Phi) is 11.7. The summed E-state index contributed by atoms with van der Waals surface area (Å²) in [6.45, 7) is 24.2. The third kappa shape index (κ3) is 8.19. The third-order valence-corrected chi connectivity index (χ3v) is 17.1. The van der Waals surface area contributed by atoms with Gasteiger partial charge in [-0.3, -0.25) is 0 Å². The Hall–Kier alpha value is 1.75. The molecule has 0 amide bonds. The molecule has 0 aliphatic heterocycles. The molecule has 0 rings (SSSR count). The summed E-state index contributed by atoms with van der Waals surface area (Å²) in [6, 6.07) is 0. The van der Waals surface area contributed by atoms with Crippen molar-refractivity contribution in [3.8, 4) is 0 Å². The van der Waals surface area contributed by atoms with Crippen molar-refractivity contribution in [2.45, 2.75) is 78.0 Å². The first-order chi connectivity index (χ1) is 10.8. The van der Waals surface area contributed by atoms with Gasteiger partial charge in [-0.1, -0.05) is 63.1 Å². The summed E-state index contributed by atoms with van der Waals surface area (Å²) in [5.74, 6) is 0. The topological polar surface area (TPSA) is 18.5 Å². The zero-order valence-corrected chi connectivity index (χ0v) is 22.1. The number of rotatable bonds is 11. The second-order valence-electron chi connectivity index (χ2n) is 7.94. The quantitative estimate of drug-likeness (QED) is 0.205. The second-order valence-corrected chi connectivity index (χ2v) is 18.2. The van der Waals surface area contributed by atoms with Crippen LogP contribution in [0, 0.1) is 10.8 Å². The van der Waals surface area contributed by atoms with Gasteiger partial charge in [0.05, 0.1) is 0 Å². The molecule has 24 heavy (non-hydrogen) atoms. The highest BCUT2D eigenvalue weighted by atomic mass is 33.7. The highest BCUT2D eigenvalue weighted by Crippen LogP contribution is 2.58. The Morgan fingerprint density at radius 1 is 0.625 bits per heavy atom. The lowest BCUT2D eigenvalue weighted by molar-refractivity contribution is 0.304. The highest BCUT2D eigenvalue weighted by molar-refractivity contribution is 9.26. The lowest BCUT2D eigenvalue weighted by atomic mass is 9.92. The lowest BCUT2D eigenvalue weighted by Gasteiger charge is -2.40. The molecule has 0 heterocycles. The van der Waals surface area contributed by atoms with Gasteiger partial charge in [0.1, 0.15) is 0 Å². The van der Waals surface area contributed by atoms with Crippen LogP contribution >= 0.6 is 41.2 Å². The minimum atomic E-state index is 0.113. The Labute approximate surface area is 171 Å². The summed E-state index contributed by atoms with van der Waals surface area (Å²) < 4.78 is 11.8. The average Bonchev–Trinajstić information content (AvgIpc) is 2.45. The van der Waals surface area contributed by atoms with Crippen molar-refractivity contribution in [2.75, 3.05) is 13.2 Å². The smallest absolute Gasteiger partial charge is 0.248 e. The maximum Gasteiger partial charge on any atom is 0.248 e. The minimum Gasteiger partial charge on any atom is -0.416 e. The van der Waals surface area contributed by atoms with Gasteiger partial charge in [-0.25, -0.2) is 0 Å². The first kappa shape index (κ1) is 25.8. The molecule has 0 saturated heterocycles. The molecule has 0 aromatic heterocycles. The van der Waals surface area contributed by atoms with Gasteiger partial charge in [-0.05, 0) is 58.2 Å². The van der Waals surface area contributed by atoms with E-state index in [1.54, 1.807) is 0 Å². The van der Waals surface area contributed by atoms with E-state index in [9.17, 15) is 0 Å². The maximum atomic E-state index is 5.79. The van der Waals surface area contributed by atoms with Gasteiger partial charge < -0.3 is 8.85 Å². The van der Waals surface area contributed by atoms with E-state index in [1.807, 2.05) is 41.2 Å². The summed E-state index contributed by atoms with van der Waals surface area (Å²) in [5, 5.41) is 0. The molecule has 2 atom stereocenters. The zero-order chi connectivity index (χ0) is 19.1. The summed E-state index contributed by atoms with van der Waals surface area (Å²) in [5.41, 5.74) is 0.397. The first-order valence-electron chi connectivity index (χ1n) is 8.31.